The minimum Gasteiger partial charge on any atom is -0.338 e. The maximum absolute atomic E-state index is 13.4. The van der Waals surface area contributed by atoms with Crippen molar-refractivity contribution in [2.45, 2.75) is 25.3 Å². The fourth-order valence-electron chi connectivity index (χ4n) is 3.62. The molecule has 2 heterocycles. The molecule has 1 aliphatic rings. The van der Waals surface area contributed by atoms with Gasteiger partial charge in [-0.05, 0) is 29.8 Å². The molecule has 0 spiro atoms. The quantitative estimate of drug-likeness (QED) is 0.689. The lowest BCUT2D eigenvalue weighted by atomic mass is 10.0. The van der Waals surface area contributed by atoms with Crippen LogP contribution in [0.1, 0.15) is 28.8 Å². The van der Waals surface area contributed by atoms with E-state index in [1.165, 1.54) is 9.47 Å². The van der Waals surface area contributed by atoms with Crippen LogP contribution >= 0.6 is 11.6 Å². The average molecular weight is 434 g/mol. The first-order valence-electron chi connectivity index (χ1n) is 9.42. The number of hydrogen-bond acceptors (Lipinski definition) is 3. The zero-order valence-electron chi connectivity index (χ0n) is 15.8. The van der Waals surface area contributed by atoms with Crippen molar-refractivity contribution < 1.29 is 13.6 Å². The second-order valence-electron chi connectivity index (χ2n) is 7.32. The summed E-state index contributed by atoms with van der Waals surface area (Å²) in [5.41, 5.74) is 0.235. The van der Waals surface area contributed by atoms with Crippen molar-refractivity contribution in [3.8, 4) is 0 Å². The number of amides is 1. The van der Waals surface area contributed by atoms with Crippen LogP contribution < -0.4 is 11.2 Å². The first-order chi connectivity index (χ1) is 14.2. The average Bonchev–Trinajstić information content (AvgIpc) is 2.72. The van der Waals surface area contributed by atoms with Crippen molar-refractivity contribution in [3.63, 3.8) is 0 Å². The minimum absolute atomic E-state index is 0.0452. The number of H-pyrrole nitrogens is 1. The minimum atomic E-state index is -2.76. The Morgan fingerprint density at radius 1 is 1.10 bits per heavy atom. The van der Waals surface area contributed by atoms with Crippen LogP contribution in [0, 0.1) is 0 Å². The SMILES string of the molecule is O=C(c1cc(Cn2c(=O)[nH]c(=O)c3ccccc32)ccc1Cl)N1CCC(F)(F)CC1. The largest absolute Gasteiger partial charge is 0.338 e. The van der Waals surface area contributed by atoms with E-state index >= 15 is 0 Å². The van der Waals surface area contributed by atoms with Crippen molar-refractivity contribution in [1.82, 2.24) is 14.5 Å². The number of likely N-dealkylation sites (tertiary alicyclic amines) is 1. The number of nitrogens with zero attached hydrogens (tertiary/aromatic N) is 2. The third kappa shape index (κ3) is 3.87. The molecule has 0 aliphatic carbocycles. The molecule has 0 bridgehead atoms. The van der Waals surface area contributed by atoms with E-state index in [1.54, 1.807) is 42.5 Å². The van der Waals surface area contributed by atoms with E-state index in [4.69, 9.17) is 11.6 Å². The number of alkyl halides is 2. The Bertz CT molecular complexity index is 1240. The Kier molecular flexibility index (Phi) is 5.19. The van der Waals surface area contributed by atoms with Crippen LogP contribution in [0.5, 0.6) is 0 Å². The molecule has 2 aromatic carbocycles. The molecule has 1 fully saturated rings. The van der Waals surface area contributed by atoms with Gasteiger partial charge in [0.15, 0.2) is 0 Å². The number of aromatic amines is 1. The van der Waals surface area contributed by atoms with E-state index < -0.39 is 23.1 Å². The topological polar surface area (TPSA) is 75.2 Å². The summed E-state index contributed by atoms with van der Waals surface area (Å²) in [5.74, 6) is -3.18. The molecule has 1 aliphatic heterocycles. The van der Waals surface area contributed by atoms with E-state index in [9.17, 15) is 23.2 Å². The number of nitrogens with one attached hydrogen (secondary N) is 1. The van der Waals surface area contributed by atoms with Crippen LogP contribution in [-0.4, -0.2) is 39.4 Å². The summed E-state index contributed by atoms with van der Waals surface area (Å²) in [6.07, 6.45) is -0.760. The summed E-state index contributed by atoms with van der Waals surface area (Å²) in [4.78, 5) is 40.9. The molecule has 30 heavy (non-hydrogen) atoms. The van der Waals surface area contributed by atoms with Gasteiger partial charge in [-0.25, -0.2) is 13.6 Å². The highest BCUT2D eigenvalue weighted by molar-refractivity contribution is 6.33. The summed E-state index contributed by atoms with van der Waals surface area (Å²) < 4.78 is 28.2. The van der Waals surface area contributed by atoms with Gasteiger partial charge in [-0.15, -0.1) is 0 Å². The Morgan fingerprint density at radius 2 is 1.80 bits per heavy atom. The summed E-state index contributed by atoms with van der Waals surface area (Å²) in [6.45, 7) is 0.0124. The van der Waals surface area contributed by atoms with Gasteiger partial charge in [-0.1, -0.05) is 29.8 Å². The molecule has 1 N–H and O–H groups in total. The van der Waals surface area contributed by atoms with E-state index in [0.29, 0.717) is 16.5 Å². The van der Waals surface area contributed by atoms with Gasteiger partial charge in [0.25, 0.3) is 17.4 Å². The molecule has 9 heteroatoms. The highest BCUT2D eigenvalue weighted by Crippen LogP contribution is 2.29. The fraction of sp³-hybridized carbons (Fsp3) is 0.286. The molecule has 1 amide bonds. The number of halogens is 3. The van der Waals surface area contributed by atoms with Crippen LogP contribution in [0.25, 0.3) is 10.9 Å². The second kappa shape index (κ2) is 7.68. The summed E-state index contributed by atoms with van der Waals surface area (Å²) >= 11 is 6.20. The summed E-state index contributed by atoms with van der Waals surface area (Å²) in [7, 11) is 0. The van der Waals surface area contributed by atoms with Crippen molar-refractivity contribution in [2.24, 2.45) is 0 Å². The molecule has 3 aromatic rings. The highest BCUT2D eigenvalue weighted by Gasteiger charge is 2.36. The van der Waals surface area contributed by atoms with Gasteiger partial charge in [-0.3, -0.25) is 19.1 Å². The standard InChI is InChI=1S/C21H18ClF2N3O3/c22-16-6-5-13(11-15(16)19(29)26-9-7-21(23,24)8-10-26)12-27-17-4-2-1-3-14(17)18(28)25-20(27)30/h1-6,11H,7-10,12H2,(H,25,28,30). The lowest BCUT2D eigenvalue weighted by molar-refractivity contribution is -0.0494. The van der Waals surface area contributed by atoms with Gasteiger partial charge in [0, 0.05) is 25.9 Å². The van der Waals surface area contributed by atoms with Crippen molar-refractivity contribution in [1.29, 1.82) is 0 Å². The van der Waals surface area contributed by atoms with Gasteiger partial charge in [0.2, 0.25) is 0 Å². The van der Waals surface area contributed by atoms with Gasteiger partial charge in [0.1, 0.15) is 0 Å². The van der Waals surface area contributed by atoms with Crippen molar-refractivity contribution in [3.05, 3.63) is 79.5 Å². The molecule has 0 radical (unpaired) electrons. The number of piperidine rings is 1. The first kappa shape index (κ1) is 20.3. The number of benzene rings is 2. The van der Waals surface area contributed by atoms with Gasteiger partial charge >= 0.3 is 5.69 Å². The zero-order valence-corrected chi connectivity index (χ0v) is 16.6. The van der Waals surface area contributed by atoms with E-state index in [1.807, 2.05) is 0 Å². The summed E-state index contributed by atoms with van der Waals surface area (Å²) in [5, 5.41) is 0.580. The molecular weight excluding hydrogens is 416 g/mol. The Labute approximate surface area is 174 Å². The molecule has 1 saturated heterocycles. The van der Waals surface area contributed by atoms with Crippen LogP contribution in [0.3, 0.4) is 0 Å². The van der Waals surface area contributed by atoms with Crippen LogP contribution in [0.4, 0.5) is 8.78 Å². The highest BCUT2D eigenvalue weighted by atomic mass is 35.5. The lowest BCUT2D eigenvalue weighted by Crippen LogP contribution is -2.42. The van der Waals surface area contributed by atoms with Gasteiger partial charge in [-0.2, -0.15) is 0 Å². The van der Waals surface area contributed by atoms with Crippen LogP contribution in [0.15, 0.2) is 52.1 Å². The third-order valence-electron chi connectivity index (χ3n) is 5.29. The number of para-hydroxylation sites is 1. The molecular formula is C21H18ClF2N3O3. The first-order valence-corrected chi connectivity index (χ1v) is 9.80. The Hall–Kier alpha value is -3.00. The van der Waals surface area contributed by atoms with Crippen LogP contribution in [0.2, 0.25) is 5.02 Å². The monoisotopic (exact) mass is 433 g/mol. The number of aromatic nitrogens is 2. The normalized spacial score (nSPS) is 16.0. The van der Waals surface area contributed by atoms with Crippen molar-refractivity contribution >= 4 is 28.4 Å². The number of carbonyl (C=O) groups excluding carboxylic acids is 1. The third-order valence-corrected chi connectivity index (χ3v) is 5.62. The van der Waals surface area contributed by atoms with Crippen molar-refractivity contribution in [2.75, 3.05) is 13.1 Å². The van der Waals surface area contributed by atoms with Gasteiger partial charge in [0.05, 0.1) is 28.0 Å². The molecule has 0 unspecified atom stereocenters. The molecule has 6 nitrogen and oxygen atoms in total. The number of rotatable bonds is 3. The van der Waals surface area contributed by atoms with E-state index in [0.717, 1.165) is 0 Å². The van der Waals surface area contributed by atoms with Gasteiger partial charge < -0.3 is 4.90 Å². The predicted molar refractivity (Wildman–Crippen MR) is 109 cm³/mol. The molecule has 0 saturated carbocycles. The summed E-state index contributed by atoms with van der Waals surface area (Å²) in [6, 6.07) is 11.5. The molecule has 1 aromatic heterocycles. The fourth-order valence-corrected chi connectivity index (χ4v) is 3.82. The second-order valence-corrected chi connectivity index (χ2v) is 7.73. The smallest absolute Gasteiger partial charge is 0.329 e. The van der Waals surface area contributed by atoms with Crippen LogP contribution in [-0.2, 0) is 6.54 Å². The lowest BCUT2D eigenvalue weighted by Gasteiger charge is -2.32. The Balaban J connectivity index is 1.67. The molecule has 0 atom stereocenters. The number of fused-ring (bicyclic) bond motifs is 1. The number of carbonyl (C=O) groups is 1. The molecule has 156 valence electrons. The maximum Gasteiger partial charge on any atom is 0.329 e. The zero-order chi connectivity index (χ0) is 21.5. The Morgan fingerprint density at radius 3 is 2.53 bits per heavy atom. The maximum atomic E-state index is 13.4. The molecule has 4 rings (SSSR count). The van der Waals surface area contributed by atoms with E-state index in [-0.39, 0.29) is 43.1 Å². The predicted octanol–water partition coefficient (Wildman–Crippen LogP) is 3.26. The number of hydrogen-bond donors (Lipinski definition) is 1. The van der Waals surface area contributed by atoms with E-state index in [2.05, 4.69) is 4.98 Å².